The molecule has 0 radical (unpaired) electrons. The van der Waals surface area contributed by atoms with E-state index >= 15 is 0 Å². The molecule has 0 saturated carbocycles. The zero-order valence-electron chi connectivity index (χ0n) is 16.1. The summed E-state index contributed by atoms with van der Waals surface area (Å²) >= 11 is 6.18. The van der Waals surface area contributed by atoms with Crippen LogP contribution in [0.15, 0.2) is 53.6 Å². The van der Waals surface area contributed by atoms with E-state index < -0.39 is 0 Å². The molecule has 0 atom stereocenters. The molecule has 0 bridgehead atoms. The van der Waals surface area contributed by atoms with E-state index in [0.717, 1.165) is 41.8 Å². The molecular weight excluding hydrogens is 388 g/mol. The fourth-order valence-electron chi connectivity index (χ4n) is 3.49. The number of rotatable bonds is 6. The molecule has 2 aromatic carbocycles. The van der Waals surface area contributed by atoms with Gasteiger partial charge >= 0.3 is 0 Å². The lowest BCUT2D eigenvalue weighted by Crippen LogP contribution is -2.20. The smallest absolute Gasteiger partial charge is 0.292 e. The number of fused-ring (bicyclic) bond motifs is 1. The van der Waals surface area contributed by atoms with Gasteiger partial charge in [0.15, 0.2) is 5.69 Å². The molecule has 1 amide bonds. The molecule has 7 heteroatoms. The third-order valence-electron chi connectivity index (χ3n) is 4.78. The summed E-state index contributed by atoms with van der Waals surface area (Å²) in [6, 6.07) is 15.2. The van der Waals surface area contributed by atoms with Crippen molar-refractivity contribution in [2.24, 2.45) is 5.10 Å². The second-order valence-electron chi connectivity index (χ2n) is 6.70. The number of carbonyl (C=O) groups excluding carboxylic acids is 1. The Hall–Kier alpha value is -3.12. The quantitative estimate of drug-likeness (QED) is 0.491. The van der Waals surface area contributed by atoms with Crippen molar-refractivity contribution in [2.75, 3.05) is 6.61 Å². The van der Waals surface area contributed by atoms with E-state index in [4.69, 9.17) is 16.3 Å². The number of amides is 1. The van der Waals surface area contributed by atoms with E-state index in [0.29, 0.717) is 23.1 Å². The number of halogens is 1. The van der Waals surface area contributed by atoms with Crippen molar-refractivity contribution < 1.29 is 9.53 Å². The van der Waals surface area contributed by atoms with Crippen LogP contribution in [0.3, 0.4) is 0 Å². The van der Waals surface area contributed by atoms with E-state index in [-0.39, 0.29) is 5.91 Å². The molecule has 1 aromatic heterocycles. The summed E-state index contributed by atoms with van der Waals surface area (Å²) in [6.07, 6.45) is 4.34. The first-order chi connectivity index (χ1) is 14.2. The number of ether oxygens (including phenoxy) is 1. The average molecular weight is 409 g/mol. The van der Waals surface area contributed by atoms with Gasteiger partial charge in [-0.05, 0) is 62.1 Å². The number of hydrogen-bond donors (Lipinski definition) is 1. The molecule has 0 aliphatic heterocycles. The van der Waals surface area contributed by atoms with E-state index in [9.17, 15) is 4.79 Å². The monoisotopic (exact) mass is 408 g/mol. The fourth-order valence-corrected chi connectivity index (χ4v) is 3.73. The Balaban J connectivity index is 1.51. The van der Waals surface area contributed by atoms with Crippen molar-refractivity contribution in [1.82, 2.24) is 15.2 Å². The first-order valence-electron chi connectivity index (χ1n) is 9.59. The van der Waals surface area contributed by atoms with E-state index in [1.807, 2.05) is 48.0 Å². The molecule has 1 heterocycles. The van der Waals surface area contributed by atoms with Gasteiger partial charge in [0.25, 0.3) is 5.91 Å². The number of nitrogens with zero attached hydrogens (tertiary/aromatic N) is 3. The molecule has 0 unspecified atom stereocenters. The summed E-state index contributed by atoms with van der Waals surface area (Å²) in [5.74, 6) is 0.309. The van der Waals surface area contributed by atoms with E-state index in [1.165, 1.54) is 0 Å². The third-order valence-corrected chi connectivity index (χ3v) is 5.08. The average Bonchev–Trinajstić information content (AvgIpc) is 3.33. The maximum atomic E-state index is 12.7. The van der Waals surface area contributed by atoms with Gasteiger partial charge in [0.05, 0.1) is 23.5 Å². The summed E-state index contributed by atoms with van der Waals surface area (Å²) in [7, 11) is 0. The molecule has 148 valence electrons. The maximum Gasteiger partial charge on any atom is 0.292 e. The predicted octanol–water partition coefficient (Wildman–Crippen LogP) is 4.18. The summed E-state index contributed by atoms with van der Waals surface area (Å²) in [4.78, 5) is 12.7. The Morgan fingerprint density at radius 1 is 1.28 bits per heavy atom. The molecule has 6 nitrogen and oxygen atoms in total. The summed E-state index contributed by atoms with van der Waals surface area (Å²) in [5.41, 5.74) is 6.84. The Morgan fingerprint density at radius 2 is 2.10 bits per heavy atom. The van der Waals surface area contributed by atoms with Gasteiger partial charge in [-0.25, -0.2) is 10.1 Å². The second-order valence-corrected chi connectivity index (χ2v) is 7.10. The molecule has 0 saturated heterocycles. The summed E-state index contributed by atoms with van der Waals surface area (Å²) < 4.78 is 7.29. The lowest BCUT2D eigenvalue weighted by atomic mass is 10.2. The fraction of sp³-hybridized carbons (Fsp3) is 0.227. The van der Waals surface area contributed by atoms with Crippen molar-refractivity contribution in [3.8, 4) is 11.4 Å². The van der Waals surface area contributed by atoms with Crippen LogP contribution in [0.4, 0.5) is 0 Å². The summed E-state index contributed by atoms with van der Waals surface area (Å²) in [5, 5.41) is 9.14. The molecular formula is C22H21ClN4O2. The SMILES string of the molecule is CCOc1ccc(/C=N/NC(=O)c2nn(-c3ccccc3)c3c2CCC3)cc1Cl. The molecule has 4 rings (SSSR count). The number of hydrogen-bond acceptors (Lipinski definition) is 4. The van der Waals surface area contributed by atoms with Gasteiger partial charge in [-0.15, -0.1) is 0 Å². The topological polar surface area (TPSA) is 68.5 Å². The van der Waals surface area contributed by atoms with Crippen LogP contribution in [0.25, 0.3) is 5.69 Å². The highest BCUT2D eigenvalue weighted by atomic mass is 35.5. The Labute approximate surface area is 174 Å². The van der Waals surface area contributed by atoms with Crippen LogP contribution in [0.2, 0.25) is 5.02 Å². The van der Waals surface area contributed by atoms with Crippen molar-refractivity contribution >= 4 is 23.7 Å². The normalized spacial score (nSPS) is 12.9. The van der Waals surface area contributed by atoms with Crippen LogP contribution in [0.5, 0.6) is 5.75 Å². The van der Waals surface area contributed by atoms with Crippen molar-refractivity contribution in [1.29, 1.82) is 0 Å². The lowest BCUT2D eigenvalue weighted by Gasteiger charge is -2.05. The van der Waals surface area contributed by atoms with Crippen LogP contribution in [-0.2, 0) is 12.8 Å². The minimum Gasteiger partial charge on any atom is -0.492 e. The molecule has 0 spiro atoms. The van der Waals surface area contributed by atoms with Gasteiger partial charge in [0.1, 0.15) is 5.75 Å². The standard InChI is InChI=1S/C22H21ClN4O2/c1-2-29-20-12-11-15(13-18(20)23)14-24-25-22(28)21-17-9-6-10-19(17)27(26-21)16-7-4-3-5-8-16/h3-5,7-8,11-14H,2,6,9-10H2,1H3,(H,25,28)/b24-14+. The number of carbonyl (C=O) groups is 1. The van der Waals surface area contributed by atoms with Gasteiger partial charge in [0.2, 0.25) is 0 Å². The largest absolute Gasteiger partial charge is 0.492 e. The summed E-state index contributed by atoms with van der Waals surface area (Å²) in [6.45, 7) is 2.44. The van der Waals surface area contributed by atoms with Crippen molar-refractivity contribution in [3.05, 3.63) is 76.1 Å². The van der Waals surface area contributed by atoms with Crippen molar-refractivity contribution in [2.45, 2.75) is 26.2 Å². The van der Waals surface area contributed by atoms with Gasteiger partial charge < -0.3 is 4.74 Å². The van der Waals surface area contributed by atoms with Crippen LogP contribution in [0.1, 0.15) is 40.7 Å². The van der Waals surface area contributed by atoms with Crippen LogP contribution < -0.4 is 10.2 Å². The van der Waals surface area contributed by atoms with Gasteiger partial charge in [-0.3, -0.25) is 4.79 Å². The van der Waals surface area contributed by atoms with Crippen molar-refractivity contribution in [3.63, 3.8) is 0 Å². The lowest BCUT2D eigenvalue weighted by molar-refractivity contribution is 0.0949. The molecule has 29 heavy (non-hydrogen) atoms. The third kappa shape index (κ3) is 4.03. The molecule has 1 aliphatic carbocycles. The first kappa shape index (κ1) is 19.2. The molecule has 3 aromatic rings. The number of nitrogens with one attached hydrogen (secondary N) is 1. The Kier molecular flexibility index (Phi) is 5.62. The number of aromatic nitrogens is 2. The Bertz CT molecular complexity index is 1060. The van der Waals surface area contributed by atoms with Crippen LogP contribution >= 0.6 is 11.6 Å². The number of benzene rings is 2. The highest BCUT2D eigenvalue weighted by molar-refractivity contribution is 6.32. The minimum absolute atomic E-state index is 0.314. The van der Waals surface area contributed by atoms with Crippen LogP contribution in [-0.4, -0.2) is 28.5 Å². The zero-order valence-corrected chi connectivity index (χ0v) is 16.8. The van der Waals surface area contributed by atoms with E-state index in [1.54, 1.807) is 18.3 Å². The molecule has 0 fully saturated rings. The van der Waals surface area contributed by atoms with E-state index in [2.05, 4.69) is 15.6 Å². The molecule has 1 aliphatic rings. The number of hydrazone groups is 1. The van der Waals surface area contributed by atoms with Gasteiger partial charge in [-0.1, -0.05) is 29.8 Å². The highest BCUT2D eigenvalue weighted by Crippen LogP contribution is 2.28. The minimum atomic E-state index is -0.314. The molecule has 1 N–H and O–H groups in total. The first-order valence-corrected chi connectivity index (χ1v) is 9.97. The second kappa shape index (κ2) is 8.49. The highest BCUT2D eigenvalue weighted by Gasteiger charge is 2.26. The van der Waals surface area contributed by atoms with Gasteiger partial charge in [-0.2, -0.15) is 10.2 Å². The van der Waals surface area contributed by atoms with Gasteiger partial charge in [0, 0.05) is 11.3 Å². The number of para-hydroxylation sites is 1. The van der Waals surface area contributed by atoms with Crippen LogP contribution in [0, 0.1) is 0 Å². The maximum absolute atomic E-state index is 12.7. The Morgan fingerprint density at radius 3 is 2.86 bits per heavy atom. The zero-order chi connectivity index (χ0) is 20.2. The predicted molar refractivity (Wildman–Crippen MR) is 113 cm³/mol.